The van der Waals surface area contributed by atoms with Crippen molar-refractivity contribution in [1.29, 1.82) is 0 Å². The number of rotatable bonds is 5. The fourth-order valence-corrected chi connectivity index (χ4v) is 3.13. The van der Waals surface area contributed by atoms with Gasteiger partial charge in [0.15, 0.2) is 0 Å². The van der Waals surface area contributed by atoms with E-state index < -0.39 is 0 Å². The van der Waals surface area contributed by atoms with Crippen molar-refractivity contribution in [2.75, 3.05) is 6.54 Å². The van der Waals surface area contributed by atoms with Crippen LogP contribution in [0.2, 0.25) is 0 Å². The zero-order valence-electron chi connectivity index (χ0n) is 9.03. The molecule has 0 saturated heterocycles. The van der Waals surface area contributed by atoms with Crippen LogP contribution in [0.25, 0.3) is 0 Å². The summed E-state index contributed by atoms with van der Waals surface area (Å²) in [5.41, 5.74) is 1.24. The maximum Gasteiger partial charge on any atom is 0.127 e. The lowest BCUT2D eigenvalue weighted by molar-refractivity contribution is 0.576. The first-order valence-electron chi connectivity index (χ1n) is 5.27. The average molecular weight is 300 g/mol. The Kier molecular flexibility index (Phi) is 4.15. The molecule has 86 valence electrons. The molecule has 2 aromatic heterocycles. The van der Waals surface area contributed by atoms with Gasteiger partial charge >= 0.3 is 0 Å². The van der Waals surface area contributed by atoms with Crippen LogP contribution in [-0.2, 0) is 0 Å². The van der Waals surface area contributed by atoms with Crippen molar-refractivity contribution in [3.8, 4) is 0 Å². The Bertz CT molecular complexity index is 424. The number of aromatic nitrogens is 2. The Morgan fingerprint density at radius 2 is 2.44 bits per heavy atom. The van der Waals surface area contributed by atoms with Gasteiger partial charge in [0.2, 0.25) is 0 Å². The van der Waals surface area contributed by atoms with Crippen LogP contribution in [0, 0.1) is 0 Å². The maximum absolute atomic E-state index is 4.33. The van der Waals surface area contributed by atoms with Gasteiger partial charge in [-0.05, 0) is 34.3 Å². The summed E-state index contributed by atoms with van der Waals surface area (Å²) in [5, 5.41) is 7.75. The van der Waals surface area contributed by atoms with E-state index in [-0.39, 0.29) is 6.04 Å². The topological polar surface area (TPSA) is 40.7 Å². The summed E-state index contributed by atoms with van der Waals surface area (Å²) in [6, 6.07) is 0.149. The Morgan fingerprint density at radius 3 is 3.00 bits per heavy atom. The maximum atomic E-state index is 4.33. The molecule has 0 saturated carbocycles. The van der Waals surface area contributed by atoms with Gasteiger partial charge in [0.25, 0.3) is 0 Å². The van der Waals surface area contributed by atoms with Crippen molar-refractivity contribution in [1.82, 2.24) is 15.3 Å². The molecule has 0 aliphatic rings. The molecule has 0 amide bonds. The first-order chi connectivity index (χ1) is 7.83. The fourth-order valence-electron chi connectivity index (χ4n) is 1.58. The second kappa shape index (κ2) is 5.61. The van der Waals surface area contributed by atoms with Gasteiger partial charge in [0.1, 0.15) is 5.82 Å². The van der Waals surface area contributed by atoms with Crippen LogP contribution in [0.3, 0.4) is 0 Å². The Labute approximate surface area is 107 Å². The van der Waals surface area contributed by atoms with Gasteiger partial charge in [-0.2, -0.15) is 11.3 Å². The smallest absolute Gasteiger partial charge is 0.127 e. The highest BCUT2D eigenvalue weighted by Gasteiger charge is 2.18. The highest BCUT2D eigenvalue weighted by atomic mass is 79.9. The zero-order valence-corrected chi connectivity index (χ0v) is 11.4. The predicted molar refractivity (Wildman–Crippen MR) is 70.7 cm³/mol. The van der Waals surface area contributed by atoms with E-state index in [4.69, 9.17) is 0 Å². The molecular formula is C11H14BrN3S. The van der Waals surface area contributed by atoms with Crippen LogP contribution in [0.5, 0.6) is 0 Å². The molecule has 2 N–H and O–H groups in total. The van der Waals surface area contributed by atoms with Gasteiger partial charge in [-0.15, -0.1) is 0 Å². The molecule has 0 radical (unpaired) electrons. The lowest BCUT2D eigenvalue weighted by Crippen LogP contribution is -2.24. The number of halogens is 1. The van der Waals surface area contributed by atoms with E-state index in [1.165, 1.54) is 5.56 Å². The summed E-state index contributed by atoms with van der Waals surface area (Å²) in [4.78, 5) is 7.50. The molecule has 0 spiro atoms. The highest BCUT2D eigenvalue weighted by Crippen LogP contribution is 2.30. The van der Waals surface area contributed by atoms with Crippen molar-refractivity contribution in [2.45, 2.75) is 19.4 Å². The van der Waals surface area contributed by atoms with Gasteiger partial charge in [-0.3, -0.25) is 0 Å². The number of nitrogens with one attached hydrogen (secondary N) is 2. The third-order valence-corrected chi connectivity index (χ3v) is 4.10. The van der Waals surface area contributed by atoms with E-state index >= 15 is 0 Å². The summed E-state index contributed by atoms with van der Waals surface area (Å²) in [7, 11) is 0. The number of H-pyrrole nitrogens is 1. The van der Waals surface area contributed by atoms with Crippen LogP contribution in [0.15, 0.2) is 27.6 Å². The monoisotopic (exact) mass is 299 g/mol. The summed E-state index contributed by atoms with van der Waals surface area (Å²) in [6.45, 7) is 3.14. The molecule has 3 nitrogen and oxygen atoms in total. The van der Waals surface area contributed by atoms with Gasteiger partial charge in [0.05, 0.1) is 6.04 Å². The van der Waals surface area contributed by atoms with Crippen LogP contribution >= 0.6 is 27.3 Å². The van der Waals surface area contributed by atoms with E-state index in [0.29, 0.717) is 0 Å². The SMILES string of the molecule is CCCNC(c1ncc[nH]1)c1cscc1Br. The van der Waals surface area contributed by atoms with E-state index in [1.54, 1.807) is 17.5 Å². The summed E-state index contributed by atoms with van der Waals surface area (Å²) in [5.74, 6) is 0.965. The zero-order chi connectivity index (χ0) is 11.4. The number of hydrogen-bond acceptors (Lipinski definition) is 3. The second-order valence-electron chi connectivity index (χ2n) is 3.54. The minimum atomic E-state index is 0.149. The third kappa shape index (κ3) is 2.53. The lowest BCUT2D eigenvalue weighted by atomic mass is 10.1. The van der Waals surface area contributed by atoms with Crippen LogP contribution in [0.4, 0.5) is 0 Å². The van der Waals surface area contributed by atoms with Crippen molar-refractivity contribution in [3.05, 3.63) is 39.0 Å². The van der Waals surface area contributed by atoms with Crippen LogP contribution in [-0.4, -0.2) is 16.5 Å². The third-order valence-electron chi connectivity index (χ3n) is 2.34. The molecule has 5 heteroatoms. The number of hydrogen-bond donors (Lipinski definition) is 2. The molecular weight excluding hydrogens is 286 g/mol. The molecule has 0 aliphatic heterocycles. The van der Waals surface area contributed by atoms with Gasteiger partial charge in [-0.25, -0.2) is 4.98 Å². The molecule has 0 aromatic carbocycles. The molecule has 2 heterocycles. The van der Waals surface area contributed by atoms with Crippen molar-refractivity contribution >= 4 is 27.3 Å². The number of imidazole rings is 1. The summed E-state index contributed by atoms with van der Waals surface area (Å²) in [6.07, 6.45) is 4.76. The molecule has 1 unspecified atom stereocenters. The fraction of sp³-hybridized carbons (Fsp3) is 0.364. The number of thiophene rings is 1. The summed E-state index contributed by atoms with van der Waals surface area (Å²) >= 11 is 5.27. The molecule has 2 aromatic rings. The van der Waals surface area contributed by atoms with Gasteiger partial charge in [0, 0.05) is 27.8 Å². The second-order valence-corrected chi connectivity index (χ2v) is 5.13. The number of aromatic amines is 1. The van der Waals surface area contributed by atoms with E-state index in [9.17, 15) is 0 Å². The van der Waals surface area contributed by atoms with Crippen molar-refractivity contribution in [2.24, 2.45) is 0 Å². The Hall–Kier alpha value is -0.650. The van der Waals surface area contributed by atoms with Crippen molar-refractivity contribution < 1.29 is 0 Å². The normalized spacial score (nSPS) is 12.9. The molecule has 1 atom stereocenters. The molecule has 16 heavy (non-hydrogen) atoms. The molecule has 0 aliphatic carbocycles. The summed E-state index contributed by atoms with van der Waals surface area (Å²) < 4.78 is 1.14. The van der Waals surface area contributed by atoms with E-state index in [1.807, 2.05) is 6.20 Å². The lowest BCUT2D eigenvalue weighted by Gasteiger charge is -2.15. The van der Waals surface area contributed by atoms with E-state index in [0.717, 1.165) is 23.3 Å². The van der Waals surface area contributed by atoms with Crippen molar-refractivity contribution in [3.63, 3.8) is 0 Å². The van der Waals surface area contributed by atoms with Crippen LogP contribution < -0.4 is 5.32 Å². The quantitative estimate of drug-likeness (QED) is 0.889. The molecule has 2 rings (SSSR count). The molecule has 0 bridgehead atoms. The largest absolute Gasteiger partial charge is 0.347 e. The van der Waals surface area contributed by atoms with Gasteiger partial charge < -0.3 is 10.3 Å². The average Bonchev–Trinajstić information content (AvgIpc) is 2.91. The first-order valence-corrected chi connectivity index (χ1v) is 7.00. The molecule has 0 fully saturated rings. The Morgan fingerprint density at radius 1 is 1.56 bits per heavy atom. The standard InChI is InChI=1S/C11H14BrN3S/c1-2-3-13-10(11-14-4-5-15-11)8-6-16-7-9(8)12/h4-7,10,13H,2-3H2,1H3,(H,14,15). The first kappa shape index (κ1) is 11.8. The minimum absolute atomic E-state index is 0.149. The highest BCUT2D eigenvalue weighted by molar-refractivity contribution is 9.10. The van der Waals surface area contributed by atoms with Crippen LogP contribution in [0.1, 0.15) is 30.8 Å². The minimum Gasteiger partial charge on any atom is -0.347 e. The van der Waals surface area contributed by atoms with Gasteiger partial charge in [-0.1, -0.05) is 6.92 Å². The number of nitrogens with zero attached hydrogens (tertiary/aromatic N) is 1. The van der Waals surface area contributed by atoms with E-state index in [2.05, 4.69) is 48.9 Å². The Balaban J connectivity index is 2.25. The predicted octanol–water partition coefficient (Wildman–Crippen LogP) is 3.32.